The Hall–Kier alpha value is -1.45. The molecule has 2 rings (SSSR count). The predicted octanol–water partition coefficient (Wildman–Crippen LogP) is 4.07. The number of benzene rings is 1. The van der Waals surface area contributed by atoms with E-state index in [-0.39, 0.29) is 5.82 Å². The van der Waals surface area contributed by atoms with Gasteiger partial charge in [0.15, 0.2) is 11.6 Å². The highest BCUT2D eigenvalue weighted by molar-refractivity contribution is 5.70. The molecule has 1 aromatic carbocycles. The van der Waals surface area contributed by atoms with Gasteiger partial charge in [0.25, 0.3) is 0 Å². The van der Waals surface area contributed by atoms with Crippen LogP contribution in [-0.4, -0.2) is 19.7 Å². The molecule has 118 valence electrons. The molecule has 1 heterocycles. The number of nitrogens with zero attached hydrogens (tertiary/aromatic N) is 1. The SMILES string of the molecule is CCCOc1cc(N2CCC(C(C)C)CC2)c(N)cc1F. The zero-order valence-corrected chi connectivity index (χ0v) is 13.4. The van der Waals surface area contributed by atoms with Crippen LogP contribution in [0.3, 0.4) is 0 Å². The van der Waals surface area contributed by atoms with Gasteiger partial charge in [0.05, 0.1) is 18.0 Å². The molecule has 1 aromatic rings. The van der Waals surface area contributed by atoms with E-state index in [0.717, 1.165) is 37.0 Å². The van der Waals surface area contributed by atoms with Gasteiger partial charge < -0.3 is 15.4 Å². The molecule has 3 nitrogen and oxygen atoms in total. The summed E-state index contributed by atoms with van der Waals surface area (Å²) in [5.74, 6) is 1.44. The number of hydrogen-bond acceptors (Lipinski definition) is 3. The Balaban J connectivity index is 2.12. The van der Waals surface area contributed by atoms with Gasteiger partial charge in [-0.25, -0.2) is 4.39 Å². The fourth-order valence-electron chi connectivity index (χ4n) is 2.96. The molecule has 0 radical (unpaired) electrons. The Bertz CT molecular complexity index is 468. The van der Waals surface area contributed by atoms with Gasteiger partial charge in [0.1, 0.15) is 0 Å². The van der Waals surface area contributed by atoms with Gasteiger partial charge in [0.2, 0.25) is 0 Å². The Morgan fingerprint density at radius 2 is 2.00 bits per heavy atom. The molecule has 0 unspecified atom stereocenters. The van der Waals surface area contributed by atoms with Crippen LogP contribution in [0.1, 0.15) is 40.0 Å². The average molecular weight is 294 g/mol. The molecule has 0 amide bonds. The molecule has 0 aromatic heterocycles. The Kier molecular flexibility index (Phi) is 5.32. The highest BCUT2D eigenvalue weighted by atomic mass is 19.1. The molecule has 1 fully saturated rings. The predicted molar refractivity (Wildman–Crippen MR) is 86.4 cm³/mol. The summed E-state index contributed by atoms with van der Waals surface area (Å²) in [6.07, 6.45) is 3.19. The van der Waals surface area contributed by atoms with Crippen LogP contribution >= 0.6 is 0 Å². The van der Waals surface area contributed by atoms with Gasteiger partial charge in [-0.2, -0.15) is 0 Å². The first-order valence-corrected chi connectivity index (χ1v) is 7.99. The van der Waals surface area contributed by atoms with E-state index in [1.54, 1.807) is 6.07 Å². The molecule has 0 spiro atoms. The summed E-state index contributed by atoms with van der Waals surface area (Å²) < 4.78 is 19.3. The van der Waals surface area contributed by atoms with Crippen molar-refractivity contribution in [2.75, 3.05) is 30.3 Å². The summed E-state index contributed by atoms with van der Waals surface area (Å²) in [6, 6.07) is 3.14. The van der Waals surface area contributed by atoms with E-state index in [1.165, 1.54) is 18.9 Å². The van der Waals surface area contributed by atoms with Crippen LogP contribution in [0.2, 0.25) is 0 Å². The minimum atomic E-state index is -0.373. The van der Waals surface area contributed by atoms with Crippen molar-refractivity contribution in [3.05, 3.63) is 17.9 Å². The van der Waals surface area contributed by atoms with Crippen LogP contribution in [0.5, 0.6) is 5.75 Å². The third kappa shape index (κ3) is 3.80. The average Bonchev–Trinajstić information content (AvgIpc) is 2.46. The molecule has 0 bridgehead atoms. The largest absolute Gasteiger partial charge is 0.490 e. The maximum Gasteiger partial charge on any atom is 0.167 e. The third-order valence-corrected chi connectivity index (χ3v) is 4.37. The third-order valence-electron chi connectivity index (χ3n) is 4.37. The number of nitrogen functional groups attached to an aromatic ring is 1. The Morgan fingerprint density at radius 1 is 1.33 bits per heavy atom. The fourth-order valence-corrected chi connectivity index (χ4v) is 2.96. The first-order valence-electron chi connectivity index (χ1n) is 7.99. The quantitative estimate of drug-likeness (QED) is 0.832. The van der Waals surface area contributed by atoms with E-state index in [0.29, 0.717) is 18.0 Å². The standard InChI is InChI=1S/C17H27FN2O/c1-4-9-21-17-11-16(15(19)10-14(17)18)20-7-5-13(6-8-20)12(2)3/h10-13H,4-9,19H2,1-3H3. The lowest BCUT2D eigenvalue weighted by atomic mass is 9.86. The van der Waals surface area contributed by atoms with Crippen molar-refractivity contribution >= 4 is 11.4 Å². The van der Waals surface area contributed by atoms with Crippen molar-refractivity contribution in [3.8, 4) is 5.75 Å². The molecule has 1 aliphatic heterocycles. The number of anilines is 2. The molecule has 4 heteroatoms. The second kappa shape index (κ2) is 7.01. The summed E-state index contributed by atoms with van der Waals surface area (Å²) in [4.78, 5) is 2.26. The zero-order chi connectivity index (χ0) is 15.4. The highest BCUT2D eigenvalue weighted by Crippen LogP contribution is 2.34. The second-order valence-electron chi connectivity index (χ2n) is 6.26. The number of hydrogen-bond donors (Lipinski definition) is 1. The topological polar surface area (TPSA) is 38.5 Å². The summed E-state index contributed by atoms with van der Waals surface area (Å²) in [5.41, 5.74) is 7.41. The minimum absolute atomic E-state index is 0.312. The molecule has 1 saturated heterocycles. The van der Waals surface area contributed by atoms with E-state index in [4.69, 9.17) is 10.5 Å². The van der Waals surface area contributed by atoms with Crippen molar-refractivity contribution in [1.29, 1.82) is 0 Å². The monoisotopic (exact) mass is 294 g/mol. The lowest BCUT2D eigenvalue weighted by Crippen LogP contribution is -2.35. The summed E-state index contributed by atoms with van der Waals surface area (Å²) in [5, 5.41) is 0. The van der Waals surface area contributed by atoms with Crippen molar-refractivity contribution < 1.29 is 9.13 Å². The van der Waals surface area contributed by atoms with Crippen LogP contribution in [-0.2, 0) is 0 Å². The van der Waals surface area contributed by atoms with Crippen LogP contribution in [0.4, 0.5) is 15.8 Å². The number of nitrogens with two attached hydrogens (primary N) is 1. The first kappa shape index (κ1) is 15.9. The maximum atomic E-state index is 13.9. The molecular formula is C17H27FN2O. The van der Waals surface area contributed by atoms with Crippen molar-refractivity contribution in [1.82, 2.24) is 0 Å². The van der Waals surface area contributed by atoms with E-state index >= 15 is 0 Å². The van der Waals surface area contributed by atoms with Crippen LogP contribution < -0.4 is 15.4 Å². The van der Waals surface area contributed by atoms with Gasteiger partial charge in [-0.3, -0.25) is 0 Å². The lowest BCUT2D eigenvalue weighted by Gasteiger charge is -2.36. The zero-order valence-electron chi connectivity index (χ0n) is 13.4. The number of halogens is 1. The number of piperidine rings is 1. The lowest BCUT2D eigenvalue weighted by molar-refractivity contribution is 0.300. The van der Waals surface area contributed by atoms with Gasteiger partial charge in [0, 0.05) is 25.2 Å². The molecule has 1 aliphatic rings. The smallest absolute Gasteiger partial charge is 0.167 e. The van der Waals surface area contributed by atoms with E-state index in [2.05, 4.69) is 18.7 Å². The van der Waals surface area contributed by atoms with E-state index in [1.807, 2.05) is 6.92 Å². The van der Waals surface area contributed by atoms with Crippen molar-refractivity contribution in [3.63, 3.8) is 0 Å². The van der Waals surface area contributed by atoms with E-state index in [9.17, 15) is 4.39 Å². The van der Waals surface area contributed by atoms with Crippen molar-refractivity contribution in [2.45, 2.75) is 40.0 Å². The van der Waals surface area contributed by atoms with Gasteiger partial charge in [-0.15, -0.1) is 0 Å². The molecule has 0 aliphatic carbocycles. The molecule has 0 saturated carbocycles. The summed E-state index contributed by atoms with van der Waals surface area (Å²) in [6.45, 7) is 9.05. The molecule has 21 heavy (non-hydrogen) atoms. The summed E-state index contributed by atoms with van der Waals surface area (Å²) in [7, 11) is 0. The minimum Gasteiger partial charge on any atom is -0.490 e. The molecule has 2 N–H and O–H groups in total. The normalized spacial score (nSPS) is 16.5. The van der Waals surface area contributed by atoms with Gasteiger partial charge in [-0.05, 0) is 31.1 Å². The molecule has 0 atom stereocenters. The van der Waals surface area contributed by atoms with Gasteiger partial charge in [-0.1, -0.05) is 20.8 Å². The van der Waals surface area contributed by atoms with Crippen LogP contribution in [0, 0.1) is 17.7 Å². The maximum absolute atomic E-state index is 13.9. The number of ether oxygens (including phenoxy) is 1. The number of rotatable bonds is 5. The second-order valence-corrected chi connectivity index (χ2v) is 6.26. The van der Waals surface area contributed by atoms with Crippen LogP contribution in [0.15, 0.2) is 12.1 Å². The highest BCUT2D eigenvalue weighted by Gasteiger charge is 2.23. The molecular weight excluding hydrogens is 267 g/mol. The Labute approximate surface area is 127 Å². The Morgan fingerprint density at radius 3 is 2.57 bits per heavy atom. The van der Waals surface area contributed by atoms with E-state index < -0.39 is 0 Å². The van der Waals surface area contributed by atoms with Crippen LogP contribution in [0.25, 0.3) is 0 Å². The summed E-state index contributed by atoms with van der Waals surface area (Å²) >= 11 is 0. The van der Waals surface area contributed by atoms with Gasteiger partial charge >= 0.3 is 0 Å². The fraction of sp³-hybridized carbons (Fsp3) is 0.647. The van der Waals surface area contributed by atoms with Crippen molar-refractivity contribution in [2.24, 2.45) is 11.8 Å². The first-order chi connectivity index (χ1) is 10.0.